The van der Waals surface area contributed by atoms with Crippen molar-refractivity contribution in [3.63, 3.8) is 0 Å². The van der Waals surface area contributed by atoms with Crippen LogP contribution in [0.4, 0.5) is 0 Å². The summed E-state index contributed by atoms with van der Waals surface area (Å²) >= 11 is 6.88. The molecule has 0 aliphatic heterocycles. The van der Waals surface area contributed by atoms with Gasteiger partial charge in [-0.15, -0.1) is 11.3 Å². The maximum absolute atomic E-state index is 5.18. The third kappa shape index (κ3) is 1.63. The van der Waals surface area contributed by atoms with Crippen LogP contribution in [0.25, 0.3) is 10.6 Å². The predicted molar refractivity (Wildman–Crippen MR) is 62.2 cm³/mol. The van der Waals surface area contributed by atoms with E-state index >= 15 is 0 Å². The second-order valence-electron chi connectivity index (χ2n) is 3.10. The number of thiophene rings is 1. The Morgan fingerprint density at radius 3 is 2.86 bits per heavy atom. The molecule has 14 heavy (non-hydrogen) atoms. The Morgan fingerprint density at radius 1 is 1.43 bits per heavy atom. The maximum atomic E-state index is 5.18. The van der Waals surface area contributed by atoms with Crippen LogP contribution in [0.15, 0.2) is 17.5 Å². The highest BCUT2D eigenvalue weighted by Gasteiger charge is 2.05. The number of hydrogen-bond donors (Lipinski definition) is 1. The minimum Gasteiger partial charge on any atom is -0.342 e. The van der Waals surface area contributed by atoms with Crippen molar-refractivity contribution in [3.8, 4) is 10.6 Å². The minimum absolute atomic E-state index is 0.685. The number of aryl methyl sites for hydroxylation is 1. The molecule has 0 bridgehead atoms. The zero-order valence-electron chi connectivity index (χ0n) is 8.00. The second kappa shape index (κ2) is 3.63. The Morgan fingerprint density at radius 2 is 2.21 bits per heavy atom. The smallest absolute Gasteiger partial charge is 0.133 e. The molecule has 0 unspecified atom stereocenters. The first kappa shape index (κ1) is 9.55. The molecule has 0 amide bonds. The van der Waals surface area contributed by atoms with Crippen molar-refractivity contribution in [2.75, 3.05) is 0 Å². The molecular formula is C10H10N2S2. The molecule has 1 N–H and O–H groups in total. The van der Waals surface area contributed by atoms with Gasteiger partial charge in [-0.1, -0.05) is 18.3 Å². The average molecular weight is 222 g/mol. The topological polar surface area (TPSA) is 28.7 Å². The second-order valence-corrected chi connectivity index (χ2v) is 4.44. The molecule has 0 aliphatic rings. The lowest BCUT2D eigenvalue weighted by Gasteiger charge is -2.04. The van der Waals surface area contributed by atoms with E-state index in [0.29, 0.717) is 4.64 Å². The van der Waals surface area contributed by atoms with Crippen LogP contribution in [0.1, 0.15) is 11.4 Å². The Bertz CT molecular complexity index is 497. The van der Waals surface area contributed by atoms with Gasteiger partial charge in [0, 0.05) is 5.56 Å². The molecule has 0 spiro atoms. The zero-order chi connectivity index (χ0) is 10.1. The van der Waals surface area contributed by atoms with Crippen LogP contribution in [0.2, 0.25) is 0 Å². The van der Waals surface area contributed by atoms with E-state index in [4.69, 9.17) is 12.2 Å². The SMILES string of the molecule is Cc1nc(=S)c(C)c(-c2cccs2)[nH]1. The van der Waals surface area contributed by atoms with Gasteiger partial charge in [0.2, 0.25) is 0 Å². The zero-order valence-corrected chi connectivity index (χ0v) is 9.63. The molecule has 4 heteroatoms. The summed E-state index contributed by atoms with van der Waals surface area (Å²) in [5.74, 6) is 0.865. The fourth-order valence-corrected chi connectivity index (χ4v) is 2.33. The first-order valence-corrected chi connectivity index (χ1v) is 5.58. The molecule has 0 saturated heterocycles. The summed E-state index contributed by atoms with van der Waals surface area (Å²) in [6.07, 6.45) is 0. The third-order valence-electron chi connectivity index (χ3n) is 2.04. The van der Waals surface area contributed by atoms with Gasteiger partial charge in [-0.3, -0.25) is 0 Å². The van der Waals surface area contributed by atoms with Gasteiger partial charge in [-0.25, -0.2) is 4.98 Å². The summed E-state index contributed by atoms with van der Waals surface area (Å²) in [5.41, 5.74) is 2.14. The highest BCUT2D eigenvalue weighted by Crippen LogP contribution is 2.25. The van der Waals surface area contributed by atoms with Crippen LogP contribution >= 0.6 is 23.6 Å². The van der Waals surface area contributed by atoms with Gasteiger partial charge >= 0.3 is 0 Å². The molecule has 0 aliphatic carbocycles. The van der Waals surface area contributed by atoms with Crippen LogP contribution in [-0.4, -0.2) is 9.97 Å². The fraction of sp³-hybridized carbons (Fsp3) is 0.200. The molecule has 0 saturated carbocycles. The Hall–Kier alpha value is -1.00. The van der Waals surface area contributed by atoms with E-state index in [0.717, 1.165) is 17.1 Å². The summed E-state index contributed by atoms with van der Waals surface area (Å²) in [6, 6.07) is 4.11. The Balaban J connectivity index is 2.70. The van der Waals surface area contributed by atoms with E-state index in [1.165, 1.54) is 4.88 Å². The van der Waals surface area contributed by atoms with Gasteiger partial charge in [0.25, 0.3) is 0 Å². The summed E-state index contributed by atoms with van der Waals surface area (Å²) in [7, 11) is 0. The van der Waals surface area contributed by atoms with E-state index in [1.807, 2.05) is 19.9 Å². The molecule has 2 aromatic rings. The Kier molecular flexibility index (Phi) is 2.48. The first-order valence-electron chi connectivity index (χ1n) is 4.30. The number of hydrogen-bond acceptors (Lipinski definition) is 3. The van der Waals surface area contributed by atoms with Gasteiger partial charge in [-0.05, 0) is 25.3 Å². The maximum Gasteiger partial charge on any atom is 0.133 e. The van der Waals surface area contributed by atoms with Crippen molar-refractivity contribution >= 4 is 23.6 Å². The molecule has 2 rings (SSSR count). The largest absolute Gasteiger partial charge is 0.342 e. The summed E-state index contributed by atoms with van der Waals surface area (Å²) < 4.78 is 0.685. The summed E-state index contributed by atoms with van der Waals surface area (Å²) in [6.45, 7) is 3.92. The lowest BCUT2D eigenvalue weighted by molar-refractivity contribution is 1.03. The van der Waals surface area contributed by atoms with Gasteiger partial charge < -0.3 is 4.98 Å². The fourth-order valence-electron chi connectivity index (χ4n) is 1.31. The van der Waals surface area contributed by atoms with Crippen molar-refractivity contribution in [3.05, 3.63) is 33.5 Å². The van der Waals surface area contributed by atoms with Crippen molar-refractivity contribution < 1.29 is 0 Å². The monoisotopic (exact) mass is 222 g/mol. The highest BCUT2D eigenvalue weighted by atomic mass is 32.1. The number of rotatable bonds is 1. The van der Waals surface area contributed by atoms with Crippen molar-refractivity contribution in [1.29, 1.82) is 0 Å². The first-order chi connectivity index (χ1) is 6.68. The van der Waals surface area contributed by atoms with Crippen LogP contribution in [0, 0.1) is 18.5 Å². The molecular weight excluding hydrogens is 212 g/mol. The van der Waals surface area contributed by atoms with Crippen molar-refractivity contribution in [2.45, 2.75) is 13.8 Å². The van der Waals surface area contributed by atoms with E-state index in [1.54, 1.807) is 11.3 Å². The van der Waals surface area contributed by atoms with Gasteiger partial charge in [0.05, 0.1) is 10.6 Å². The van der Waals surface area contributed by atoms with Crippen LogP contribution in [0.5, 0.6) is 0 Å². The molecule has 2 heterocycles. The van der Waals surface area contributed by atoms with E-state index in [-0.39, 0.29) is 0 Å². The van der Waals surface area contributed by atoms with E-state index in [9.17, 15) is 0 Å². The Labute approximate surface area is 91.7 Å². The number of nitrogens with zero attached hydrogens (tertiary/aromatic N) is 1. The van der Waals surface area contributed by atoms with Crippen molar-refractivity contribution in [2.24, 2.45) is 0 Å². The van der Waals surface area contributed by atoms with Gasteiger partial charge in [0.1, 0.15) is 10.5 Å². The normalized spacial score (nSPS) is 10.4. The van der Waals surface area contributed by atoms with Crippen LogP contribution in [0.3, 0.4) is 0 Å². The lowest BCUT2D eigenvalue weighted by Crippen LogP contribution is -1.94. The van der Waals surface area contributed by atoms with Crippen molar-refractivity contribution in [1.82, 2.24) is 9.97 Å². The standard InChI is InChI=1S/C10H10N2S2/c1-6-9(8-4-3-5-14-8)11-7(2)12-10(6)13/h3-5H,1-2H3,(H,11,12,13). The predicted octanol–water partition coefficient (Wildman–Crippen LogP) is 3.48. The van der Waals surface area contributed by atoms with Gasteiger partial charge in [0.15, 0.2) is 0 Å². The van der Waals surface area contributed by atoms with Crippen LogP contribution in [-0.2, 0) is 0 Å². The molecule has 2 aromatic heterocycles. The summed E-state index contributed by atoms with van der Waals surface area (Å²) in [4.78, 5) is 8.67. The molecule has 0 radical (unpaired) electrons. The lowest BCUT2D eigenvalue weighted by atomic mass is 10.2. The quantitative estimate of drug-likeness (QED) is 0.748. The third-order valence-corrected chi connectivity index (χ3v) is 3.32. The van der Waals surface area contributed by atoms with E-state index < -0.39 is 0 Å². The summed E-state index contributed by atoms with van der Waals surface area (Å²) in [5, 5.41) is 2.06. The van der Waals surface area contributed by atoms with Gasteiger partial charge in [-0.2, -0.15) is 0 Å². The van der Waals surface area contributed by atoms with E-state index in [2.05, 4.69) is 21.4 Å². The molecule has 0 fully saturated rings. The minimum atomic E-state index is 0.685. The number of aromatic amines is 1. The number of aromatic nitrogens is 2. The van der Waals surface area contributed by atoms with Crippen LogP contribution < -0.4 is 0 Å². The molecule has 0 aromatic carbocycles. The number of nitrogens with one attached hydrogen (secondary N) is 1. The molecule has 0 atom stereocenters. The highest BCUT2D eigenvalue weighted by molar-refractivity contribution is 7.71. The number of H-pyrrole nitrogens is 1. The molecule has 72 valence electrons. The molecule has 2 nitrogen and oxygen atoms in total. The average Bonchev–Trinajstić information content (AvgIpc) is 2.63.